The van der Waals surface area contributed by atoms with E-state index in [1.165, 1.54) is 55.0 Å². The molecule has 4 N–H and O–H groups in total. The Morgan fingerprint density at radius 2 is 1.92 bits per heavy atom. The van der Waals surface area contributed by atoms with Crippen molar-refractivity contribution in [1.29, 1.82) is 0 Å². The first-order valence-electron chi connectivity index (χ1n) is 8.30. The summed E-state index contributed by atoms with van der Waals surface area (Å²) in [7, 11) is 1.47. The maximum Gasteiger partial charge on any atom is 0.329 e. The number of aliphatic carboxylic acids is 1. The Morgan fingerprint density at radius 1 is 1.28 bits per heavy atom. The van der Waals surface area contributed by atoms with Gasteiger partial charge >= 0.3 is 11.7 Å². The quantitative estimate of drug-likeness (QED) is 0.596. The molecule has 3 rings (SSSR count). The standard InChI is InChI=1S/C9H9BrN4O4.C6H13N/c1-13-6-5(7(17)12-9(13)18)14(8(10)11-6)3-2-4(15)16;1-2-4-6-7-5-3-1/h2-3H2,1H3,(H,15,16)(H,12,17,18);7H,1-6H2/p+1. The number of hydrogen-bond acceptors (Lipinski definition) is 4. The summed E-state index contributed by atoms with van der Waals surface area (Å²) in [5, 5.41) is 11.1. The topological polar surface area (TPSA) is 127 Å². The summed E-state index contributed by atoms with van der Waals surface area (Å²) >= 11 is 3.14. The Labute approximate surface area is 152 Å². The molecule has 0 saturated carbocycles. The fourth-order valence-corrected chi connectivity index (χ4v) is 3.22. The molecule has 0 atom stereocenters. The van der Waals surface area contributed by atoms with E-state index in [1.807, 2.05) is 0 Å². The number of fused-ring (bicyclic) bond motifs is 1. The van der Waals surface area contributed by atoms with Gasteiger partial charge in [-0.05, 0) is 41.6 Å². The van der Waals surface area contributed by atoms with E-state index in [1.54, 1.807) is 0 Å². The van der Waals surface area contributed by atoms with E-state index in [0.717, 1.165) is 0 Å². The van der Waals surface area contributed by atoms with Crippen LogP contribution in [0.3, 0.4) is 0 Å². The van der Waals surface area contributed by atoms with Gasteiger partial charge in [-0.1, -0.05) is 0 Å². The zero-order valence-electron chi connectivity index (χ0n) is 14.1. The van der Waals surface area contributed by atoms with Crippen LogP contribution in [0, 0.1) is 0 Å². The number of carbonyl (C=O) groups is 1. The molecular weight excluding hydrogens is 394 g/mol. The lowest BCUT2D eigenvalue weighted by Crippen LogP contribution is -2.83. The van der Waals surface area contributed by atoms with Gasteiger partial charge in [-0.25, -0.2) is 9.78 Å². The molecule has 0 amide bonds. The van der Waals surface area contributed by atoms with E-state index in [2.05, 4.69) is 31.2 Å². The zero-order valence-corrected chi connectivity index (χ0v) is 15.7. The summed E-state index contributed by atoms with van der Waals surface area (Å²) in [4.78, 5) is 39.9. The van der Waals surface area contributed by atoms with Gasteiger partial charge in [0, 0.05) is 13.6 Å². The first-order chi connectivity index (χ1) is 11.9. The minimum Gasteiger partial charge on any atom is -0.481 e. The highest BCUT2D eigenvalue weighted by atomic mass is 79.9. The summed E-state index contributed by atoms with van der Waals surface area (Å²) in [5.41, 5.74) is -0.772. The van der Waals surface area contributed by atoms with Gasteiger partial charge in [-0.2, -0.15) is 0 Å². The molecule has 0 radical (unpaired) electrons. The molecule has 138 valence electrons. The molecule has 1 aliphatic rings. The number of imidazole rings is 1. The van der Waals surface area contributed by atoms with Crippen LogP contribution in [0.1, 0.15) is 32.1 Å². The average molecular weight is 417 g/mol. The van der Waals surface area contributed by atoms with Gasteiger partial charge in [0.2, 0.25) is 0 Å². The molecule has 0 aromatic carbocycles. The third-order valence-electron chi connectivity index (χ3n) is 4.08. The Kier molecular flexibility index (Phi) is 6.94. The van der Waals surface area contributed by atoms with E-state index >= 15 is 0 Å². The Hall–Kier alpha value is -1.94. The summed E-state index contributed by atoms with van der Waals surface area (Å²) in [6.45, 7) is 2.84. The predicted molar refractivity (Wildman–Crippen MR) is 95.7 cm³/mol. The van der Waals surface area contributed by atoms with Crippen LogP contribution in [-0.2, 0) is 18.4 Å². The van der Waals surface area contributed by atoms with Gasteiger partial charge in [-0.15, -0.1) is 0 Å². The number of aromatic nitrogens is 4. The molecule has 1 saturated heterocycles. The van der Waals surface area contributed by atoms with Crippen LogP contribution in [0.25, 0.3) is 11.2 Å². The van der Waals surface area contributed by atoms with Crippen molar-refractivity contribution < 1.29 is 15.2 Å². The maximum atomic E-state index is 11.7. The van der Waals surface area contributed by atoms with Crippen LogP contribution < -0.4 is 16.6 Å². The van der Waals surface area contributed by atoms with Gasteiger partial charge in [0.1, 0.15) is 0 Å². The van der Waals surface area contributed by atoms with E-state index < -0.39 is 17.2 Å². The predicted octanol–water partition coefficient (Wildman–Crippen LogP) is -0.216. The summed E-state index contributed by atoms with van der Waals surface area (Å²) in [5.74, 6) is -0.981. The number of carboxylic acids is 1. The molecule has 10 heteroatoms. The first-order valence-corrected chi connectivity index (χ1v) is 9.09. The molecule has 9 nitrogen and oxygen atoms in total. The lowest BCUT2D eigenvalue weighted by Gasteiger charge is -2.03. The van der Waals surface area contributed by atoms with E-state index in [4.69, 9.17) is 5.11 Å². The summed E-state index contributed by atoms with van der Waals surface area (Å²) in [6.07, 6.45) is 5.68. The third-order valence-corrected chi connectivity index (χ3v) is 4.68. The van der Waals surface area contributed by atoms with Gasteiger partial charge < -0.3 is 15.0 Å². The molecular formula is C15H23BrN5O4+. The molecule has 0 bridgehead atoms. The summed E-state index contributed by atoms with van der Waals surface area (Å²) in [6, 6.07) is 0. The first kappa shape index (κ1) is 19.4. The number of H-pyrrole nitrogens is 1. The second-order valence-corrected chi connectivity index (χ2v) is 6.66. The maximum absolute atomic E-state index is 11.7. The van der Waals surface area contributed by atoms with E-state index in [-0.39, 0.29) is 24.1 Å². The van der Waals surface area contributed by atoms with E-state index in [0.29, 0.717) is 4.73 Å². The number of aromatic amines is 1. The third kappa shape index (κ3) is 5.02. The lowest BCUT2D eigenvalue weighted by atomic mass is 10.2. The highest BCUT2D eigenvalue weighted by Gasteiger charge is 2.16. The molecule has 2 aromatic rings. The fourth-order valence-electron chi connectivity index (χ4n) is 2.69. The second kappa shape index (κ2) is 8.95. The number of quaternary nitrogens is 1. The minimum atomic E-state index is -0.981. The van der Waals surface area contributed by atoms with Crippen LogP contribution in [0.4, 0.5) is 0 Å². The van der Waals surface area contributed by atoms with Crippen molar-refractivity contribution in [2.75, 3.05) is 13.1 Å². The molecule has 25 heavy (non-hydrogen) atoms. The number of hydrogen-bond donors (Lipinski definition) is 3. The van der Waals surface area contributed by atoms with Gasteiger partial charge in [0.05, 0.1) is 19.5 Å². The van der Waals surface area contributed by atoms with Crippen molar-refractivity contribution in [3.05, 3.63) is 25.6 Å². The molecule has 0 aliphatic carbocycles. The van der Waals surface area contributed by atoms with Gasteiger partial charge in [0.15, 0.2) is 15.9 Å². The van der Waals surface area contributed by atoms with Crippen LogP contribution in [0.2, 0.25) is 0 Å². The van der Waals surface area contributed by atoms with Crippen molar-refractivity contribution >= 4 is 33.1 Å². The minimum absolute atomic E-state index is 0.0910. The van der Waals surface area contributed by atoms with E-state index in [9.17, 15) is 14.4 Å². The number of nitrogens with zero attached hydrogens (tertiary/aromatic N) is 3. The molecule has 0 unspecified atom stereocenters. The monoisotopic (exact) mass is 416 g/mol. The van der Waals surface area contributed by atoms with Crippen molar-refractivity contribution in [3.63, 3.8) is 0 Å². The molecule has 2 aromatic heterocycles. The highest BCUT2D eigenvalue weighted by Crippen LogP contribution is 2.16. The average Bonchev–Trinajstić information content (AvgIpc) is 2.75. The fraction of sp³-hybridized carbons (Fsp3) is 0.600. The van der Waals surface area contributed by atoms with Crippen molar-refractivity contribution in [2.24, 2.45) is 7.05 Å². The lowest BCUT2D eigenvalue weighted by molar-refractivity contribution is -0.653. The Balaban J connectivity index is 0.000000269. The normalized spacial score (nSPS) is 14.6. The van der Waals surface area contributed by atoms with Crippen molar-refractivity contribution in [1.82, 2.24) is 19.1 Å². The van der Waals surface area contributed by atoms with Gasteiger partial charge in [0.25, 0.3) is 5.56 Å². The Bertz CT molecular complexity index is 834. The second-order valence-electron chi connectivity index (χ2n) is 5.95. The number of aryl methyl sites for hydroxylation is 2. The number of halogens is 1. The number of nitrogens with two attached hydrogens (primary N) is 1. The van der Waals surface area contributed by atoms with Crippen LogP contribution >= 0.6 is 15.9 Å². The van der Waals surface area contributed by atoms with Crippen LogP contribution in [0.5, 0.6) is 0 Å². The molecule has 1 aliphatic heterocycles. The zero-order chi connectivity index (χ0) is 18.4. The highest BCUT2D eigenvalue weighted by molar-refractivity contribution is 9.10. The Morgan fingerprint density at radius 3 is 2.52 bits per heavy atom. The smallest absolute Gasteiger partial charge is 0.329 e. The molecule has 3 heterocycles. The van der Waals surface area contributed by atoms with Gasteiger partial charge in [-0.3, -0.25) is 19.1 Å². The summed E-state index contributed by atoms with van der Waals surface area (Å²) < 4.78 is 2.92. The number of nitrogens with one attached hydrogen (secondary N) is 1. The van der Waals surface area contributed by atoms with Crippen molar-refractivity contribution in [3.8, 4) is 0 Å². The number of rotatable bonds is 3. The number of carboxylic acid groups (broad SMARTS) is 1. The molecule has 1 fully saturated rings. The van der Waals surface area contributed by atoms with Crippen LogP contribution in [-0.4, -0.2) is 43.3 Å². The largest absolute Gasteiger partial charge is 0.481 e. The van der Waals surface area contributed by atoms with Crippen LogP contribution in [0.15, 0.2) is 14.3 Å². The molecule has 0 spiro atoms. The SMILES string of the molecule is C1CCC[NH2+]CC1.Cn1c(=O)[nH]c(=O)c2c1nc(Br)n2CCC(=O)O. The van der Waals surface area contributed by atoms with Crippen molar-refractivity contribution in [2.45, 2.75) is 38.6 Å².